The summed E-state index contributed by atoms with van der Waals surface area (Å²) in [7, 11) is 6.46. The molecule has 6 aromatic carbocycles. The second kappa shape index (κ2) is 45.0. The van der Waals surface area contributed by atoms with Gasteiger partial charge in [0.05, 0.1) is 57.7 Å². The number of rotatable bonds is 21. The van der Waals surface area contributed by atoms with Gasteiger partial charge in [0.15, 0.2) is 6.29 Å². The van der Waals surface area contributed by atoms with Gasteiger partial charge in [0, 0.05) is 29.4 Å². The predicted octanol–water partition coefficient (Wildman–Crippen LogP) is 19.7. The van der Waals surface area contributed by atoms with Gasteiger partial charge in [-0.2, -0.15) is 0 Å². The molecule has 0 bridgehead atoms. The Morgan fingerprint density at radius 3 is 1.10 bits per heavy atom. The Morgan fingerprint density at radius 2 is 0.814 bits per heavy atom. The maximum Gasteiger partial charge on any atom is 1.00 e. The van der Waals surface area contributed by atoms with Crippen molar-refractivity contribution in [1.29, 1.82) is 0 Å². The van der Waals surface area contributed by atoms with Crippen LogP contribution in [0.1, 0.15) is 187 Å². The summed E-state index contributed by atoms with van der Waals surface area (Å²) >= 11 is 0. The number of benzene rings is 6. The van der Waals surface area contributed by atoms with Crippen molar-refractivity contribution in [3.05, 3.63) is 192 Å². The number of hydrogen-bond donors (Lipinski definition) is 0. The normalized spacial score (nSPS) is 12.2. The minimum atomic E-state index is -0.689. The first-order valence-electron chi connectivity index (χ1n) is 29.0. The lowest BCUT2D eigenvalue weighted by Gasteiger charge is -2.28. The van der Waals surface area contributed by atoms with Crippen LogP contribution in [0.25, 0.3) is 6.08 Å². The lowest BCUT2D eigenvalue weighted by Crippen LogP contribution is -2.31. The van der Waals surface area contributed by atoms with Crippen LogP contribution in [0.5, 0.6) is 51.7 Å². The van der Waals surface area contributed by atoms with Crippen LogP contribution in [0.15, 0.2) is 159 Å². The highest BCUT2D eigenvalue weighted by atomic mass is 16.7. The van der Waals surface area contributed by atoms with E-state index in [1.807, 2.05) is 107 Å². The summed E-state index contributed by atoms with van der Waals surface area (Å²) in [6.45, 7) is 25.6. The molecule has 0 saturated carbocycles. The van der Waals surface area contributed by atoms with E-state index in [1.54, 1.807) is 96.0 Å². The number of carbonyl (C=O) groups excluding carboxylic acids is 6. The fraction of sp³-hybridized carbons (Fsp3) is 0.400. The molecule has 0 aromatic heterocycles. The Morgan fingerprint density at radius 1 is 0.505 bits per heavy atom. The topological polar surface area (TPSA) is 204 Å². The lowest BCUT2D eigenvalue weighted by atomic mass is 9.79. The van der Waals surface area contributed by atoms with Crippen molar-refractivity contribution in [3.63, 3.8) is 0 Å². The minimum Gasteiger partial charge on any atom is -0.505 e. The zero-order valence-corrected chi connectivity index (χ0v) is 53.0. The molecule has 0 radical (unpaired) electrons. The first-order chi connectivity index (χ1) is 42.4. The highest BCUT2D eigenvalue weighted by Crippen LogP contribution is 2.39. The van der Waals surface area contributed by atoms with E-state index >= 15 is 0 Å². The van der Waals surface area contributed by atoms with E-state index in [0.717, 1.165) is 57.9 Å². The molecule has 17 nitrogen and oxygen atoms in total. The summed E-state index contributed by atoms with van der Waals surface area (Å²) in [6, 6.07) is 38.5. The maximum atomic E-state index is 12.9. The first kappa shape index (κ1) is 93.9. The number of hydrogen-bond acceptors (Lipinski definition) is 17. The van der Waals surface area contributed by atoms with Crippen LogP contribution < -0.4 is 42.6 Å². The summed E-state index contributed by atoms with van der Waals surface area (Å²) < 4.78 is 56.7. The van der Waals surface area contributed by atoms with Crippen LogP contribution in [-0.4, -0.2) is 70.5 Å². The third-order valence-electron chi connectivity index (χ3n) is 14.4. The molecule has 3 unspecified atom stereocenters. The number of fused-ring (bicyclic) bond motifs is 3. The van der Waals surface area contributed by atoms with Gasteiger partial charge in [0.2, 0.25) is 0 Å². The highest BCUT2D eigenvalue weighted by molar-refractivity contribution is 5.89. The molecule has 536 valence electrons. The van der Waals surface area contributed by atoms with E-state index in [0.29, 0.717) is 52.9 Å². The van der Waals surface area contributed by atoms with Gasteiger partial charge in [0.1, 0.15) is 51.7 Å². The highest BCUT2D eigenvalue weighted by Gasteiger charge is 2.35. The Labute approximate surface area is 582 Å². The van der Waals surface area contributed by atoms with Crippen molar-refractivity contribution in [2.24, 2.45) is 10.8 Å². The van der Waals surface area contributed by atoms with Crippen LogP contribution in [0.4, 0.5) is 0 Å². The van der Waals surface area contributed by atoms with Gasteiger partial charge in [-0.15, -0.1) is 0 Å². The van der Waals surface area contributed by atoms with E-state index in [-0.39, 0.29) is 128 Å². The molecule has 0 spiro atoms. The molecule has 0 fully saturated rings. The van der Waals surface area contributed by atoms with Crippen molar-refractivity contribution >= 4 is 41.9 Å². The van der Waals surface area contributed by atoms with Gasteiger partial charge in [-0.3, -0.25) is 24.0 Å². The molecule has 0 amide bonds. The van der Waals surface area contributed by atoms with E-state index in [2.05, 4.69) is 38.3 Å². The Balaban J connectivity index is -0.000000395. The summed E-state index contributed by atoms with van der Waals surface area (Å²) in [5, 5.41) is 0. The summed E-state index contributed by atoms with van der Waals surface area (Å²) in [4.78, 5) is 70.8. The Hall–Kier alpha value is -9.48. The fourth-order valence-corrected chi connectivity index (χ4v) is 9.27. The molecule has 9 rings (SSSR count). The average molecular weight is 1350 g/mol. The third-order valence-corrected chi connectivity index (χ3v) is 14.4. The second-order valence-electron chi connectivity index (χ2n) is 22.2. The van der Waals surface area contributed by atoms with Crippen LogP contribution in [-0.2, 0) is 57.5 Å². The van der Waals surface area contributed by atoms with E-state index in [4.69, 9.17) is 47.4 Å². The summed E-state index contributed by atoms with van der Waals surface area (Å²) in [5.41, 5.74) is 4.64. The first-order valence-corrected chi connectivity index (χ1v) is 29.0. The quantitative estimate of drug-likeness (QED) is 0.0216. The zero-order valence-electron chi connectivity index (χ0n) is 54.0. The number of carbonyl (C=O) groups is 6. The van der Waals surface area contributed by atoms with Gasteiger partial charge in [-0.1, -0.05) is 135 Å². The maximum absolute atomic E-state index is 12.9. The Kier molecular flexibility index (Phi) is 43.6. The van der Waals surface area contributed by atoms with Crippen molar-refractivity contribution in [3.8, 4) is 51.7 Å². The van der Waals surface area contributed by atoms with Gasteiger partial charge in [-0.25, -0.2) is 4.79 Å². The molecule has 97 heavy (non-hydrogen) atoms. The van der Waals surface area contributed by atoms with Crippen molar-refractivity contribution in [2.45, 2.75) is 178 Å². The van der Waals surface area contributed by atoms with Crippen LogP contribution in [0.3, 0.4) is 0 Å². The van der Waals surface area contributed by atoms with E-state index < -0.39 is 16.8 Å². The third kappa shape index (κ3) is 28.8. The van der Waals surface area contributed by atoms with Gasteiger partial charge >= 0.3 is 37.2 Å². The molecule has 3 atom stereocenters. The van der Waals surface area contributed by atoms with E-state index in [1.165, 1.54) is 11.8 Å². The summed E-state index contributed by atoms with van der Waals surface area (Å²) in [5.74, 6) is 3.78. The number of esters is 6. The second-order valence-corrected chi connectivity index (χ2v) is 22.2. The van der Waals surface area contributed by atoms with E-state index in [9.17, 15) is 28.8 Å². The van der Waals surface area contributed by atoms with Gasteiger partial charge in [0.25, 0.3) is 0 Å². The molecule has 0 aliphatic carbocycles. The molecule has 3 aliphatic rings. The van der Waals surface area contributed by atoms with Crippen molar-refractivity contribution in [2.75, 3.05) is 28.4 Å². The van der Waals surface area contributed by atoms with Crippen LogP contribution >= 0.6 is 0 Å². The molecular formula is C80H115O17+. The lowest BCUT2D eigenvalue weighted by molar-refractivity contribution is -0.145. The largest absolute Gasteiger partial charge is 1.00 e. The van der Waals surface area contributed by atoms with Crippen molar-refractivity contribution < 1.29 is 82.3 Å². The summed E-state index contributed by atoms with van der Waals surface area (Å²) in [6.07, 6.45) is 6.61. The monoisotopic (exact) mass is 1350 g/mol. The SMILES string of the molecule is C.C.C.C.C.C.C.C.C=C(C)C(=O)Oc1ccc2c(c1)CC(=O)O2.C=COC.C=Cc1ccc(OC)cc1.CCC(CC(C)(C)C(=O)Oc1ccc2c(c1)CC(=O)O2)c1ccc(OC(C)OC)cc1.CCC(CC(C)(C)C(=O)Oc1ccc2c(c1)CC(=O)O2)c1ccc(OC)cc1.[H+]. The van der Waals surface area contributed by atoms with Crippen LogP contribution in [0.2, 0.25) is 0 Å². The smallest absolute Gasteiger partial charge is 0.505 e. The van der Waals surface area contributed by atoms with Crippen LogP contribution in [0, 0.1) is 10.8 Å². The molecule has 17 heteroatoms. The molecule has 3 aliphatic heterocycles. The number of ether oxygens (including phenoxy) is 11. The standard InChI is InChI=1S/C25H30O6.C23H26O5.C12H10O4.C9H10O.C3H6O.8CH4/c1-6-17(18-7-9-20(10-8-18)29-16(2)28-5)15-25(3,4)24(27)30-21-11-12-22-19(13-21)14-23(26)31-22;1-5-15(16-6-8-18(26-4)9-7-16)14-23(2,3)22(25)27-19-10-11-20-17(12-19)13-21(24)28-20;1-7(2)12(14)15-9-3-4-10-8(5-9)6-11(13)16-10;1-3-8-4-6-9(10-2)7-5-8;1-3-4-2;;;;;;;;/h7-13,16-17H,6,14-15H2,1-5H3;6-12,15H,5,13-14H2,1-4H3;3-5H,1,6H2,2H3;3-7H,1H2,2H3;3H,1H2,2H3;8*1H4/p+1. The Bertz CT molecular complexity index is 3420. The zero-order chi connectivity index (χ0) is 65.4. The predicted molar refractivity (Wildman–Crippen MR) is 394 cm³/mol. The van der Waals surface area contributed by atoms with Gasteiger partial charge in [-0.05, 0) is 187 Å². The van der Waals surface area contributed by atoms with Crippen molar-refractivity contribution in [1.82, 2.24) is 0 Å². The fourth-order valence-electron chi connectivity index (χ4n) is 9.27. The van der Waals surface area contributed by atoms with Gasteiger partial charge < -0.3 is 52.1 Å². The molecule has 0 saturated heterocycles. The average Bonchev–Trinajstić information content (AvgIpc) is 1.54. The molecular weight excluding hydrogens is 1230 g/mol. The molecule has 0 N–H and O–H groups in total. The number of methoxy groups -OCH3 is 4. The minimum absolute atomic E-state index is 0. The molecule has 6 aromatic rings. The molecule has 3 heterocycles.